The van der Waals surface area contributed by atoms with Crippen molar-refractivity contribution in [2.75, 3.05) is 13.7 Å². The summed E-state index contributed by atoms with van der Waals surface area (Å²) >= 11 is 0. The second-order valence-corrected chi connectivity index (χ2v) is 4.70. The van der Waals surface area contributed by atoms with Gasteiger partial charge in [-0.15, -0.1) is 0 Å². The van der Waals surface area contributed by atoms with Crippen molar-refractivity contribution in [3.05, 3.63) is 47.8 Å². The van der Waals surface area contributed by atoms with Crippen molar-refractivity contribution < 1.29 is 9.47 Å². The molecule has 0 saturated carbocycles. The van der Waals surface area contributed by atoms with Crippen molar-refractivity contribution in [2.24, 2.45) is 0 Å². The van der Waals surface area contributed by atoms with E-state index in [-0.39, 0.29) is 0 Å². The summed E-state index contributed by atoms with van der Waals surface area (Å²) in [5, 5.41) is 7.99. The van der Waals surface area contributed by atoms with E-state index in [1.54, 1.807) is 13.3 Å². The third-order valence-corrected chi connectivity index (χ3v) is 3.01. The first-order valence-electron chi connectivity index (χ1n) is 7.01. The lowest BCUT2D eigenvalue weighted by atomic mass is 10.1. The monoisotopic (exact) mass is 284 g/mol. The van der Waals surface area contributed by atoms with E-state index in [9.17, 15) is 0 Å². The fourth-order valence-electron chi connectivity index (χ4n) is 1.94. The molecule has 0 saturated heterocycles. The van der Waals surface area contributed by atoms with Gasteiger partial charge in [-0.05, 0) is 54.8 Å². The molecule has 0 N–H and O–H groups in total. The lowest BCUT2D eigenvalue weighted by Gasteiger charge is -2.10. The van der Waals surface area contributed by atoms with E-state index >= 15 is 0 Å². The van der Waals surface area contributed by atoms with Gasteiger partial charge in [0.25, 0.3) is 0 Å². The Hall–Kier alpha value is -2.36. The molecule has 0 atom stereocenters. The Morgan fingerprint density at radius 2 is 2.10 bits per heavy atom. The summed E-state index contributed by atoms with van der Waals surface area (Å²) in [6.07, 6.45) is 4.69. The number of hydrogen-bond acceptors (Lipinski definition) is 4. The van der Waals surface area contributed by atoms with Crippen molar-refractivity contribution >= 4 is 11.6 Å². The molecule has 110 valence electrons. The van der Waals surface area contributed by atoms with Gasteiger partial charge < -0.3 is 9.47 Å². The maximum Gasteiger partial charge on any atom is 0.161 e. The summed E-state index contributed by atoms with van der Waals surface area (Å²) < 4.78 is 11.0. The Morgan fingerprint density at radius 3 is 2.76 bits per heavy atom. The van der Waals surface area contributed by atoms with Gasteiger partial charge in [-0.25, -0.2) is 0 Å². The largest absolute Gasteiger partial charge is 0.493 e. The van der Waals surface area contributed by atoms with Crippen LogP contribution in [0.25, 0.3) is 11.6 Å². The smallest absolute Gasteiger partial charge is 0.161 e. The summed E-state index contributed by atoms with van der Waals surface area (Å²) in [4.78, 5) is 0. The van der Waals surface area contributed by atoms with E-state index in [1.165, 1.54) is 0 Å². The Kier molecular flexibility index (Phi) is 5.32. The number of aromatic nitrogens is 2. The van der Waals surface area contributed by atoms with Crippen LogP contribution in [-0.2, 0) is 0 Å². The third-order valence-electron chi connectivity index (χ3n) is 3.01. The van der Waals surface area contributed by atoms with E-state index in [1.807, 2.05) is 37.3 Å². The average Bonchev–Trinajstić information content (AvgIpc) is 2.54. The molecule has 0 spiro atoms. The van der Waals surface area contributed by atoms with Crippen molar-refractivity contribution in [3.8, 4) is 11.5 Å². The first-order chi connectivity index (χ1) is 10.2. The van der Waals surface area contributed by atoms with Crippen LogP contribution in [0.15, 0.2) is 36.5 Å². The molecular formula is C17H20N2O2. The molecule has 0 unspecified atom stereocenters. The second kappa shape index (κ2) is 7.43. The Bertz CT molecular complexity index is 609. The Morgan fingerprint density at radius 1 is 1.24 bits per heavy atom. The lowest BCUT2D eigenvalue weighted by Crippen LogP contribution is -1.97. The minimum absolute atomic E-state index is 0.685. The minimum Gasteiger partial charge on any atom is -0.493 e. The average molecular weight is 284 g/mol. The zero-order chi connectivity index (χ0) is 15.1. The van der Waals surface area contributed by atoms with E-state index in [2.05, 4.69) is 23.2 Å². The number of methoxy groups -OCH3 is 1. The molecule has 4 nitrogen and oxygen atoms in total. The van der Waals surface area contributed by atoms with Crippen LogP contribution >= 0.6 is 0 Å². The van der Waals surface area contributed by atoms with Gasteiger partial charge in [0.15, 0.2) is 11.5 Å². The summed E-state index contributed by atoms with van der Waals surface area (Å²) in [6, 6.07) is 9.72. The van der Waals surface area contributed by atoms with Crippen LogP contribution in [0.1, 0.15) is 31.5 Å². The van der Waals surface area contributed by atoms with E-state index in [0.717, 1.165) is 34.8 Å². The van der Waals surface area contributed by atoms with Crippen LogP contribution in [-0.4, -0.2) is 23.9 Å². The van der Waals surface area contributed by atoms with Gasteiger partial charge in [0.1, 0.15) is 0 Å². The second-order valence-electron chi connectivity index (χ2n) is 4.70. The molecule has 0 aliphatic carbocycles. The third kappa shape index (κ3) is 4.05. The first-order valence-corrected chi connectivity index (χ1v) is 7.01. The molecular weight excluding hydrogens is 264 g/mol. The van der Waals surface area contributed by atoms with Crippen molar-refractivity contribution in [1.29, 1.82) is 0 Å². The lowest BCUT2D eigenvalue weighted by molar-refractivity contribution is 0.294. The molecule has 0 bridgehead atoms. The van der Waals surface area contributed by atoms with E-state index < -0.39 is 0 Å². The van der Waals surface area contributed by atoms with Crippen LogP contribution in [0.5, 0.6) is 11.5 Å². The normalized spacial score (nSPS) is 11.3. The summed E-state index contributed by atoms with van der Waals surface area (Å²) in [5.74, 6) is 1.51. The van der Waals surface area contributed by atoms with Gasteiger partial charge in [0.05, 0.1) is 19.4 Å². The van der Waals surface area contributed by atoms with Gasteiger partial charge in [-0.1, -0.05) is 13.0 Å². The summed E-state index contributed by atoms with van der Waals surface area (Å²) in [6.45, 7) is 4.77. The zero-order valence-corrected chi connectivity index (χ0v) is 12.7. The van der Waals surface area contributed by atoms with Gasteiger partial charge in [0, 0.05) is 6.20 Å². The van der Waals surface area contributed by atoms with Crippen LogP contribution in [0, 0.1) is 0 Å². The van der Waals surface area contributed by atoms with Crippen LogP contribution in [0.3, 0.4) is 0 Å². The molecule has 1 aromatic heterocycles. The standard InChI is InChI=1S/C17H20N2O2/c1-4-10-21-16-8-7-14(12-17(16)20-3)11-13(2)15-6-5-9-18-19-15/h5-9,11-12H,4,10H2,1-3H3. The van der Waals surface area contributed by atoms with E-state index in [0.29, 0.717) is 6.61 Å². The predicted octanol–water partition coefficient (Wildman–Crippen LogP) is 3.83. The molecule has 4 heteroatoms. The molecule has 2 rings (SSSR count). The van der Waals surface area contributed by atoms with Gasteiger partial charge in [0.2, 0.25) is 0 Å². The molecule has 2 aromatic rings. The topological polar surface area (TPSA) is 44.2 Å². The van der Waals surface area contributed by atoms with Crippen molar-refractivity contribution in [1.82, 2.24) is 10.2 Å². The molecule has 0 radical (unpaired) electrons. The molecule has 0 amide bonds. The number of ether oxygens (including phenoxy) is 2. The molecule has 21 heavy (non-hydrogen) atoms. The van der Waals surface area contributed by atoms with Gasteiger partial charge in [-0.3, -0.25) is 0 Å². The quantitative estimate of drug-likeness (QED) is 0.808. The Balaban J connectivity index is 2.24. The Labute approximate surface area is 125 Å². The van der Waals surface area contributed by atoms with Gasteiger partial charge >= 0.3 is 0 Å². The number of allylic oxidation sites excluding steroid dienone is 1. The van der Waals surface area contributed by atoms with Gasteiger partial charge in [-0.2, -0.15) is 10.2 Å². The SMILES string of the molecule is CCCOc1ccc(C=C(C)c2cccnn2)cc1OC. The maximum atomic E-state index is 5.65. The summed E-state index contributed by atoms with van der Waals surface area (Å²) in [7, 11) is 1.65. The fraction of sp³-hybridized carbons (Fsp3) is 0.294. The highest BCUT2D eigenvalue weighted by Gasteiger charge is 2.05. The molecule has 0 fully saturated rings. The zero-order valence-electron chi connectivity index (χ0n) is 12.7. The highest BCUT2D eigenvalue weighted by molar-refractivity contribution is 5.79. The van der Waals surface area contributed by atoms with Crippen LogP contribution < -0.4 is 9.47 Å². The van der Waals surface area contributed by atoms with Crippen molar-refractivity contribution in [3.63, 3.8) is 0 Å². The number of hydrogen-bond donors (Lipinski definition) is 0. The summed E-state index contributed by atoms with van der Waals surface area (Å²) in [5.41, 5.74) is 2.95. The highest BCUT2D eigenvalue weighted by atomic mass is 16.5. The fourth-order valence-corrected chi connectivity index (χ4v) is 1.94. The first kappa shape index (κ1) is 15.0. The molecule has 0 aliphatic rings. The van der Waals surface area contributed by atoms with Crippen LogP contribution in [0.4, 0.5) is 0 Å². The highest BCUT2D eigenvalue weighted by Crippen LogP contribution is 2.29. The number of rotatable bonds is 6. The molecule has 1 heterocycles. The maximum absolute atomic E-state index is 5.65. The molecule has 0 aliphatic heterocycles. The predicted molar refractivity (Wildman–Crippen MR) is 84.4 cm³/mol. The van der Waals surface area contributed by atoms with Crippen molar-refractivity contribution in [2.45, 2.75) is 20.3 Å². The number of nitrogens with zero attached hydrogens (tertiary/aromatic N) is 2. The van der Waals surface area contributed by atoms with E-state index in [4.69, 9.17) is 9.47 Å². The number of benzene rings is 1. The minimum atomic E-state index is 0.685. The molecule has 1 aromatic carbocycles. The van der Waals surface area contributed by atoms with Crippen LogP contribution in [0.2, 0.25) is 0 Å².